The van der Waals surface area contributed by atoms with E-state index < -0.39 is 5.82 Å². The number of benzene rings is 1. The summed E-state index contributed by atoms with van der Waals surface area (Å²) in [6.07, 6.45) is 3.23. The first-order valence-electron chi connectivity index (χ1n) is 4.91. The standard InChI is InChI=1S/C11H9BrClFN2O/c12-8-1-2-11(10(14)5-8)17-4-3-16-7-9(13)6-15-16/h1-2,5-7H,3-4H2. The molecule has 0 aliphatic carbocycles. The van der Waals surface area contributed by atoms with Crippen molar-refractivity contribution in [2.75, 3.05) is 6.61 Å². The zero-order valence-corrected chi connectivity index (χ0v) is 11.1. The summed E-state index contributed by atoms with van der Waals surface area (Å²) in [4.78, 5) is 0. The Morgan fingerprint density at radius 2 is 2.29 bits per heavy atom. The Balaban J connectivity index is 1.90. The third-order valence-corrected chi connectivity index (χ3v) is 2.76. The minimum absolute atomic E-state index is 0.228. The molecule has 90 valence electrons. The van der Waals surface area contributed by atoms with Crippen molar-refractivity contribution in [2.24, 2.45) is 0 Å². The van der Waals surface area contributed by atoms with Crippen LogP contribution in [-0.2, 0) is 6.54 Å². The molecule has 0 bridgehead atoms. The van der Waals surface area contributed by atoms with E-state index in [4.69, 9.17) is 16.3 Å². The highest BCUT2D eigenvalue weighted by atomic mass is 79.9. The van der Waals surface area contributed by atoms with Crippen molar-refractivity contribution >= 4 is 27.5 Å². The maximum atomic E-state index is 13.4. The maximum Gasteiger partial charge on any atom is 0.166 e. The summed E-state index contributed by atoms with van der Waals surface area (Å²) in [5.74, 6) is -0.163. The molecule has 0 saturated carbocycles. The third-order valence-electron chi connectivity index (χ3n) is 2.07. The second-order valence-electron chi connectivity index (χ2n) is 3.34. The van der Waals surface area contributed by atoms with Gasteiger partial charge in [-0.1, -0.05) is 27.5 Å². The fraction of sp³-hybridized carbons (Fsp3) is 0.182. The monoisotopic (exact) mass is 318 g/mol. The van der Waals surface area contributed by atoms with E-state index >= 15 is 0 Å². The normalized spacial score (nSPS) is 10.5. The van der Waals surface area contributed by atoms with E-state index in [9.17, 15) is 4.39 Å². The van der Waals surface area contributed by atoms with Crippen molar-refractivity contribution in [2.45, 2.75) is 6.54 Å². The molecular formula is C11H9BrClFN2O. The molecule has 0 unspecified atom stereocenters. The molecule has 2 rings (SSSR count). The molecule has 0 saturated heterocycles. The number of nitrogens with zero attached hydrogens (tertiary/aromatic N) is 2. The van der Waals surface area contributed by atoms with Gasteiger partial charge in [0.15, 0.2) is 11.6 Å². The fourth-order valence-electron chi connectivity index (χ4n) is 1.30. The number of ether oxygens (including phenoxy) is 1. The second kappa shape index (κ2) is 5.51. The van der Waals surface area contributed by atoms with Crippen LogP contribution < -0.4 is 4.74 Å². The highest BCUT2D eigenvalue weighted by Gasteiger charge is 2.03. The van der Waals surface area contributed by atoms with Gasteiger partial charge in [-0.15, -0.1) is 0 Å². The van der Waals surface area contributed by atoms with Crippen LogP contribution in [0.2, 0.25) is 5.02 Å². The van der Waals surface area contributed by atoms with Crippen molar-refractivity contribution < 1.29 is 9.13 Å². The molecule has 1 aromatic carbocycles. The molecule has 3 nitrogen and oxygen atoms in total. The van der Waals surface area contributed by atoms with E-state index in [-0.39, 0.29) is 5.75 Å². The van der Waals surface area contributed by atoms with Crippen LogP contribution in [0.1, 0.15) is 0 Å². The van der Waals surface area contributed by atoms with Crippen molar-refractivity contribution in [3.05, 3.63) is 45.9 Å². The molecule has 0 radical (unpaired) electrons. The lowest BCUT2D eigenvalue weighted by Crippen LogP contribution is -2.09. The summed E-state index contributed by atoms with van der Waals surface area (Å²) in [5.41, 5.74) is 0. The maximum absolute atomic E-state index is 13.4. The predicted octanol–water partition coefficient (Wildman–Crippen LogP) is 3.52. The first kappa shape index (κ1) is 12.4. The van der Waals surface area contributed by atoms with Gasteiger partial charge in [0.25, 0.3) is 0 Å². The quantitative estimate of drug-likeness (QED) is 0.862. The zero-order chi connectivity index (χ0) is 12.3. The highest BCUT2D eigenvalue weighted by molar-refractivity contribution is 9.10. The Hall–Kier alpha value is -1.07. The minimum Gasteiger partial charge on any atom is -0.489 e. The molecule has 1 heterocycles. The molecule has 0 amide bonds. The van der Waals surface area contributed by atoms with Crippen LogP contribution in [0.4, 0.5) is 4.39 Å². The van der Waals surface area contributed by atoms with Crippen LogP contribution in [0, 0.1) is 5.82 Å². The van der Waals surface area contributed by atoms with Gasteiger partial charge in [-0.05, 0) is 18.2 Å². The van der Waals surface area contributed by atoms with Gasteiger partial charge in [0, 0.05) is 10.7 Å². The topological polar surface area (TPSA) is 27.1 Å². The summed E-state index contributed by atoms with van der Waals surface area (Å²) < 4.78 is 21.0. The molecule has 0 aliphatic heterocycles. The van der Waals surface area contributed by atoms with Gasteiger partial charge < -0.3 is 4.74 Å². The average Bonchev–Trinajstić information content (AvgIpc) is 2.68. The summed E-state index contributed by atoms with van der Waals surface area (Å²) in [5, 5.41) is 4.56. The highest BCUT2D eigenvalue weighted by Crippen LogP contribution is 2.21. The molecule has 2 aromatic rings. The summed E-state index contributed by atoms with van der Waals surface area (Å²) >= 11 is 8.89. The van der Waals surface area contributed by atoms with Crippen LogP contribution in [0.25, 0.3) is 0 Å². The van der Waals surface area contributed by atoms with Crippen molar-refractivity contribution in [3.8, 4) is 5.75 Å². The molecule has 6 heteroatoms. The van der Waals surface area contributed by atoms with Crippen molar-refractivity contribution in [3.63, 3.8) is 0 Å². The molecule has 0 fully saturated rings. The van der Waals surface area contributed by atoms with Gasteiger partial charge in [-0.25, -0.2) is 4.39 Å². The van der Waals surface area contributed by atoms with Gasteiger partial charge in [0.2, 0.25) is 0 Å². The number of hydrogen-bond acceptors (Lipinski definition) is 2. The van der Waals surface area contributed by atoms with E-state index in [1.54, 1.807) is 29.2 Å². The van der Waals surface area contributed by atoms with Gasteiger partial charge >= 0.3 is 0 Å². The SMILES string of the molecule is Fc1cc(Br)ccc1OCCn1cc(Cl)cn1. The number of aromatic nitrogens is 2. The third kappa shape index (κ3) is 3.44. The Kier molecular flexibility index (Phi) is 4.02. The Morgan fingerprint density at radius 3 is 2.94 bits per heavy atom. The predicted molar refractivity (Wildman–Crippen MR) is 66.8 cm³/mol. The Labute approximate surface area is 111 Å². The fourth-order valence-corrected chi connectivity index (χ4v) is 1.79. The van der Waals surface area contributed by atoms with E-state index in [1.807, 2.05) is 0 Å². The lowest BCUT2D eigenvalue weighted by molar-refractivity contribution is 0.278. The Morgan fingerprint density at radius 1 is 1.47 bits per heavy atom. The zero-order valence-electron chi connectivity index (χ0n) is 8.74. The van der Waals surface area contributed by atoms with Crippen LogP contribution in [0.15, 0.2) is 35.1 Å². The molecule has 0 N–H and O–H groups in total. The van der Waals surface area contributed by atoms with Crippen LogP contribution in [0.3, 0.4) is 0 Å². The molecular weight excluding hydrogens is 310 g/mol. The average molecular weight is 320 g/mol. The first-order valence-corrected chi connectivity index (χ1v) is 6.08. The number of hydrogen-bond donors (Lipinski definition) is 0. The van der Waals surface area contributed by atoms with Crippen LogP contribution in [-0.4, -0.2) is 16.4 Å². The summed E-state index contributed by atoms with van der Waals surface area (Å²) in [7, 11) is 0. The molecule has 17 heavy (non-hydrogen) atoms. The van der Waals surface area contributed by atoms with Gasteiger partial charge in [-0.3, -0.25) is 4.68 Å². The van der Waals surface area contributed by atoms with E-state index in [2.05, 4.69) is 21.0 Å². The van der Waals surface area contributed by atoms with Gasteiger partial charge in [0.1, 0.15) is 6.61 Å². The summed E-state index contributed by atoms with van der Waals surface area (Å²) in [6, 6.07) is 4.67. The number of halogens is 3. The van der Waals surface area contributed by atoms with Crippen LogP contribution in [0.5, 0.6) is 5.75 Å². The number of rotatable bonds is 4. The second-order valence-corrected chi connectivity index (χ2v) is 4.70. The Bertz CT molecular complexity index is 518. The minimum atomic E-state index is -0.391. The lowest BCUT2D eigenvalue weighted by Gasteiger charge is -2.07. The smallest absolute Gasteiger partial charge is 0.166 e. The van der Waals surface area contributed by atoms with Crippen molar-refractivity contribution in [1.29, 1.82) is 0 Å². The largest absolute Gasteiger partial charge is 0.489 e. The van der Waals surface area contributed by atoms with E-state index in [0.29, 0.717) is 22.6 Å². The van der Waals surface area contributed by atoms with E-state index in [0.717, 1.165) is 0 Å². The molecule has 0 aliphatic rings. The molecule has 0 spiro atoms. The first-order chi connectivity index (χ1) is 8.15. The molecule has 0 atom stereocenters. The van der Waals surface area contributed by atoms with E-state index in [1.165, 1.54) is 6.07 Å². The lowest BCUT2D eigenvalue weighted by atomic mass is 10.3. The molecule has 1 aromatic heterocycles. The van der Waals surface area contributed by atoms with Gasteiger partial charge in [-0.2, -0.15) is 5.10 Å². The van der Waals surface area contributed by atoms with Crippen LogP contribution >= 0.6 is 27.5 Å². The van der Waals surface area contributed by atoms with Gasteiger partial charge in [0.05, 0.1) is 17.8 Å². The summed E-state index contributed by atoms with van der Waals surface area (Å²) in [6.45, 7) is 0.846. The van der Waals surface area contributed by atoms with Crippen molar-refractivity contribution in [1.82, 2.24) is 9.78 Å².